The zero-order valence-corrected chi connectivity index (χ0v) is 45.2. The smallest absolute Gasteiger partial charge is 0.306 e. The molecular formula is C57H104O12S. The quantitative estimate of drug-likeness (QED) is 0.0196. The molecular weight excluding hydrogens is 909 g/mol. The summed E-state index contributed by atoms with van der Waals surface area (Å²) in [5.41, 5.74) is 0. The fraction of sp³-hybridized carbons (Fsp3) is 0.860. The maximum absolute atomic E-state index is 12.9. The number of carbonyl (C=O) groups excluding carboxylic acids is 2. The van der Waals surface area contributed by atoms with Crippen LogP contribution in [0, 0.1) is 0 Å². The average Bonchev–Trinajstić information content (AvgIpc) is 3.33. The van der Waals surface area contributed by atoms with Gasteiger partial charge in [0, 0.05) is 12.8 Å². The molecule has 70 heavy (non-hydrogen) atoms. The van der Waals surface area contributed by atoms with Gasteiger partial charge in [-0.1, -0.05) is 217 Å². The molecule has 2 unspecified atom stereocenters. The van der Waals surface area contributed by atoms with Crippen molar-refractivity contribution < 1.29 is 56.8 Å². The lowest BCUT2D eigenvalue weighted by atomic mass is 10.00. The Morgan fingerprint density at radius 2 is 0.871 bits per heavy atom. The van der Waals surface area contributed by atoms with Gasteiger partial charge in [-0.15, -0.1) is 0 Å². The number of rotatable bonds is 49. The summed E-state index contributed by atoms with van der Waals surface area (Å²) in [5.74, 6) is -2.02. The molecule has 1 aliphatic rings. The molecule has 1 rings (SSSR count). The van der Waals surface area contributed by atoms with E-state index >= 15 is 0 Å². The van der Waals surface area contributed by atoms with Gasteiger partial charge in [-0.25, -0.2) is 0 Å². The van der Waals surface area contributed by atoms with Crippen molar-refractivity contribution in [1.29, 1.82) is 0 Å². The van der Waals surface area contributed by atoms with Crippen molar-refractivity contribution in [2.45, 2.75) is 295 Å². The number of aliphatic hydroxyl groups excluding tert-OH is 3. The monoisotopic (exact) mass is 1010 g/mol. The number of allylic oxidation sites excluding steroid dienone is 6. The van der Waals surface area contributed by atoms with Gasteiger partial charge in [0.15, 0.2) is 12.4 Å². The van der Waals surface area contributed by atoms with Gasteiger partial charge in [0.25, 0.3) is 10.1 Å². The van der Waals surface area contributed by atoms with Crippen LogP contribution in [0.1, 0.15) is 258 Å². The van der Waals surface area contributed by atoms with Crippen LogP contribution in [-0.4, -0.2) is 96.0 Å². The van der Waals surface area contributed by atoms with Crippen molar-refractivity contribution in [3.8, 4) is 0 Å². The minimum Gasteiger partial charge on any atom is -0.462 e. The lowest BCUT2D eigenvalue weighted by molar-refractivity contribution is -0.297. The highest BCUT2D eigenvalue weighted by atomic mass is 32.2. The number of aliphatic hydroxyl groups is 3. The van der Waals surface area contributed by atoms with Crippen LogP contribution < -0.4 is 0 Å². The molecule has 12 nitrogen and oxygen atoms in total. The molecule has 0 aromatic rings. The molecule has 0 aliphatic carbocycles. The number of carbonyl (C=O) groups is 2. The van der Waals surface area contributed by atoms with Gasteiger partial charge < -0.3 is 34.3 Å². The number of hydrogen-bond donors (Lipinski definition) is 4. The Morgan fingerprint density at radius 1 is 0.486 bits per heavy atom. The van der Waals surface area contributed by atoms with Gasteiger partial charge in [-0.3, -0.25) is 14.1 Å². The van der Waals surface area contributed by atoms with Gasteiger partial charge in [0.05, 0.1) is 6.61 Å². The number of ether oxygens (including phenoxy) is 4. The van der Waals surface area contributed by atoms with E-state index in [9.17, 15) is 37.9 Å². The third kappa shape index (κ3) is 40.4. The van der Waals surface area contributed by atoms with E-state index < -0.39 is 71.2 Å². The molecule has 1 fully saturated rings. The molecule has 13 heteroatoms. The number of hydrogen-bond acceptors (Lipinski definition) is 11. The molecule has 0 aromatic heterocycles. The molecule has 410 valence electrons. The van der Waals surface area contributed by atoms with Crippen molar-refractivity contribution >= 4 is 22.1 Å². The number of esters is 2. The maximum Gasteiger partial charge on any atom is 0.306 e. The highest BCUT2D eigenvalue weighted by Crippen LogP contribution is 2.24. The molecule has 1 saturated heterocycles. The second-order valence-corrected chi connectivity index (χ2v) is 21.4. The standard InChI is InChI=1S/C57H104O12S/c1-3-5-7-9-11-13-15-17-19-21-23-24-25-26-28-29-31-33-35-37-39-41-43-45-52(58)66-47-50(48-67-57-56(62)55(61)54(60)51(69-57)49-70(63,64)65)68-53(59)46-44-42-40-38-36-34-32-30-27-22-20-18-16-14-12-10-8-6-4-2/h12,14,18,20,37,39,50-51,54-57,60-62H,3-11,13,15-17,19,21-36,38,40-49H2,1-2H3,(H,63,64,65)/b14-12+,20-18+,39-37+/t50-,51-,54-,55?,56?,57+/m1/s1. The van der Waals surface area contributed by atoms with E-state index in [4.69, 9.17) is 18.9 Å². The predicted molar refractivity (Wildman–Crippen MR) is 284 cm³/mol. The second kappa shape index (κ2) is 46.6. The van der Waals surface area contributed by atoms with E-state index in [-0.39, 0.29) is 19.4 Å². The third-order valence-electron chi connectivity index (χ3n) is 13.2. The first kappa shape index (κ1) is 65.9. The minimum atomic E-state index is -4.61. The first-order chi connectivity index (χ1) is 34.0. The van der Waals surface area contributed by atoms with Gasteiger partial charge in [-0.05, 0) is 64.2 Å². The molecule has 0 amide bonds. The second-order valence-electron chi connectivity index (χ2n) is 19.9. The fourth-order valence-corrected chi connectivity index (χ4v) is 9.46. The summed E-state index contributed by atoms with van der Waals surface area (Å²) in [7, 11) is -4.61. The van der Waals surface area contributed by atoms with E-state index in [0.717, 1.165) is 51.4 Å². The summed E-state index contributed by atoms with van der Waals surface area (Å²) in [6.45, 7) is 3.76. The maximum atomic E-state index is 12.9. The first-order valence-electron chi connectivity index (χ1n) is 28.5. The summed E-state index contributed by atoms with van der Waals surface area (Å²) < 4.78 is 54.3. The Morgan fingerprint density at radius 3 is 1.34 bits per heavy atom. The van der Waals surface area contributed by atoms with Gasteiger partial charge >= 0.3 is 11.9 Å². The van der Waals surface area contributed by atoms with Crippen LogP contribution >= 0.6 is 0 Å². The van der Waals surface area contributed by atoms with Crippen molar-refractivity contribution in [1.82, 2.24) is 0 Å². The Kier molecular flexibility index (Phi) is 43.9. The molecule has 6 atom stereocenters. The molecule has 0 bridgehead atoms. The Hall–Kier alpha value is -2.13. The highest BCUT2D eigenvalue weighted by molar-refractivity contribution is 7.85. The molecule has 1 aliphatic heterocycles. The van der Waals surface area contributed by atoms with E-state index in [1.54, 1.807) is 0 Å². The van der Waals surface area contributed by atoms with Crippen LogP contribution in [0.15, 0.2) is 36.5 Å². The zero-order valence-electron chi connectivity index (χ0n) is 44.4. The number of unbranched alkanes of at least 4 members (excludes halogenated alkanes) is 31. The van der Waals surface area contributed by atoms with Gasteiger partial charge in [0.2, 0.25) is 0 Å². The molecule has 0 radical (unpaired) electrons. The molecule has 0 aromatic carbocycles. The van der Waals surface area contributed by atoms with Crippen LogP contribution in [0.3, 0.4) is 0 Å². The van der Waals surface area contributed by atoms with E-state index in [0.29, 0.717) is 12.8 Å². The Balaban J connectivity index is 2.32. The van der Waals surface area contributed by atoms with Crippen LogP contribution in [0.2, 0.25) is 0 Å². The largest absolute Gasteiger partial charge is 0.462 e. The Labute approximate surface area is 427 Å². The summed E-state index contributed by atoms with van der Waals surface area (Å²) in [6, 6.07) is 0. The average molecular weight is 1010 g/mol. The normalized spacial score (nSPS) is 19.2. The molecule has 0 saturated carbocycles. The lowest BCUT2D eigenvalue weighted by Gasteiger charge is -2.40. The van der Waals surface area contributed by atoms with Crippen molar-refractivity contribution in [3.63, 3.8) is 0 Å². The topological polar surface area (TPSA) is 186 Å². The van der Waals surface area contributed by atoms with Crippen molar-refractivity contribution in [2.75, 3.05) is 19.0 Å². The van der Waals surface area contributed by atoms with Gasteiger partial charge in [0.1, 0.15) is 36.8 Å². The van der Waals surface area contributed by atoms with E-state index in [2.05, 4.69) is 50.3 Å². The summed E-state index contributed by atoms with van der Waals surface area (Å²) >= 11 is 0. The zero-order chi connectivity index (χ0) is 51.2. The molecule has 1 heterocycles. The fourth-order valence-electron chi connectivity index (χ4n) is 8.77. The molecule has 4 N–H and O–H groups in total. The van der Waals surface area contributed by atoms with Crippen molar-refractivity contribution in [3.05, 3.63) is 36.5 Å². The summed E-state index contributed by atoms with van der Waals surface area (Å²) in [5, 5.41) is 31.0. The summed E-state index contributed by atoms with van der Waals surface area (Å²) in [6.07, 6.45) is 47.7. The minimum absolute atomic E-state index is 0.155. The van der Waals surface area contributed by atoms with Crippen molar-refractivity contribution in [2.24, 2.45) is 0 Å². The van der Waals surface area contributed by atoms with Crippen LogP contribution in [0.4, 0.5) is 0 Å². The third-order valence-corrected chi connectivity index (χ3v) is 13.9. The van der Waals surface area contributed by atoms with Crippen LogP contribution in [0.25, 0.3) is 0 Å². The van der Waals surface area contributed by atoms with Crippen LogP contribution in [0.5, 0.6) is 0 Å². The summed E-state index contributed by atoms with van der Waals surface area (Å²) in [4.78, 5) is 25.6. The van der Waals surface area contributed by atoms with Crippen LogP contribution in [-0.2, 0) is 38.7 Å². The van der Waals surface area contributed by atoms with E-state index in [1.165, 1.54) is 167 Å². The SMILES string of the molecule is CCCCC/C=C/C/C=C/CCCCCCCCCCCC(=O)O[C@H](COC(=O)CCC/C=C/CCCCCCCCCCCCCCCCCCCC)CO[C@H]1O[C@H](CS(=O)(=O)O)[C@@H](O)C(O)C1O. The van der Waals surface area contributed by atoms with Gasteiger partial charge in [-0.2, -0.15) is 8.42 Å². The lowest BCUT2D eigenvalue weighted by Crippen LogP contribution is -2.60. The van der Waals surface area contributed by atoms with E-state index in [1.807, 2.05) is 0 Å². The Bertz CT molecular complexity index is 1420. The predicted octanol–water partition coefficient (Wildman–Crippen LogP) is 13.7. The molecule has 0 spiro atoms. The first-order valence-corrected chi connectivity index (χ1v) is 30.2. The highest BCUT2D eigenvalue weighted by Gasteiger charge is 2.46.